The average Bonchev–Trinajstić information content (AvgIpc) is 3.23. The Morgan fingerprint density at radius 3 is 2.62 bits per heavy atom. The van der Waals surface area contributed by atoms with E-state index in [1.165, 1.54) is 23.6 Å². The minimum Gasteiger partial charge on any atom is -0.344 e. The van der Waals surface area contributed by atoms with Gasteiger partial charge in [0.15, 0.2) is 10.8 Å². The number of pyridine rings is 1. The largest absolute Gasteiger partial charge is 0.344 e. The van der Waals surface area contributed by atoms with Crippen LogP contribution in [0.15, 0.2) is 59.8 Å². The van der Waals surface area contributed by atoms with Crippen LogP contribution in [0.25, 0.3) is 10.1 Å². The summed E-state index contributed by atoms with van der Waals surface area (Å²) >= 11 is 1.35. The van der Waals surface area contributed by atoms with Gasteiger partial charge in [0, 0.05) is 17.4 Å². The molecule has 1 aliphatic rings. The Balaban J connectivity index is 1.44. The molecule has 2 atom stereocenters. The summed E-state index contributed by atoms with van der Waals surface area (Å²) in [5.74, 6) is -1.09. The minimum absolute atomic E-state index is 0.113. The Morgan fingerprint density at radius 2 is 1.92 bits per heavy atom. The first-order valence-corrected chi connectivity index (χ1v) is 14.4. The number of nitrogens with zero attached hydrogens (tertiary/aromatic N) is 2. The van der Waals surface area contributed by atoms with Crippen molar-refractivity contribution in [1.29, 1.82) is 0 Å². The zero-order valence-corrected chi connectivity index (χ0v) is 22.3. The fourth-order valence-electron chi connectivity index (χ4n) is 4.28. The number of hydrogen-bond acceptors (Lipinski definition) is 7. The van der Waals surface area contributed by atoms with Gasteiger partial charge in [0.2, 0.25) is 5.91 Å². The van der Waals surface area contributed by atoms with E-state index in [0.29, 0.717) is 24.1 Å². The summed E-state index contributed by atoms with van der Waals surface area (Å²) in [6.45, 7) is 3.69. The van der Waals surface area contributed by atoms with Gasteiger partial charge in [-0.1, -0.05) is 38.1 Å². The number of amides is 2. The first-order valence-electron chi connectivity index (χ1n) is 12.2. The number of thiophene rings is 1. The molecule has 0 aliphatic carbocycles. The lowest BCUT2D eigenvalue weighted by molar-refractivity contribution is -0.129. The monoisotopic (exact) mass is 542 g/mol. The van der Waals surface area contributed by atoms with Crippen LogP contribution in [-0.2, 0) is 19.6 Å². The SMILES string of the molecule is CC(C)CC(NC(=O)c1cc2ccccc2s1)C(=O)N[C@H]1CCCN(S(=O)(=O)c2ccccn2)CC1=O. The van der Waals surface area contributed by atoms with Gasteiger partial charge >= 0.3 is 0 Å². The number of nitrogens with one attached hydrogen (secondary N) is 2. The van der Waals surface area contributed by atoms with Gasteiger partial charge in [-0.2, -0.15) is 4.31 Å². The van der Waals surface area contributed by atoms with E-state index in [2.05, 4.69) is 15.6 Å². The van der Waals surface area contributed by atoms with Crippen LogP contribution >= 0.6 is 11.3 Å². The molecule has 3 aromatic rings. The number of aromatic nitrogens is 1. The van der Waals surface area contributed by atoms with Gasteiger partial charge in [-0.3, -0.25) is 14.4 Å². The highest BCUT2D eigenvalue weighted by molar-refractivity contribution is 7.89. The van der Waals surface area contributed by atoms with Crippen molar-refractivity contribution in [2.45, 2.75) is 50.2 Å². The van der Waals surface area contributed by atoms with Crippen molar-refractivity contribution in [2.75, 3.05) is 13.1 Å². The molecule has 196 valence electrons. The van der Waals surface area contributed by atoms with Gasteiger partial charge in [-0.05, 0) is 54.8 Å². The van der Waals surface area contributed by atoms with Crippen molar-refractivity contribution in [2.24, 2.45) is 5.92 Å². The zero-order chi connectivity index (χ0) is 26.6. The average molecular weight is 543 g/mol. The van der Waals surface area contributed by atoms with E-state index in [1.807, 2.05) is 38.1 Å². The summed E-state index contributed by atoms with van der Waals surface area (Å²) < 4.78 is 28.0. The molecule has 1 saturated heterocycles. The molecule has 2 amide bonds. The summed E-state index contributed by atoms with van der Waals surface area (Å²) in [6, 6.07) is 12.4. The van der Waals surface area contributed by atoms with Gasteiger partial charge in [0.1, 0.15) is 6.04 Å². The number of fused-ring (bicyclic) bond motifs is 1. The van der Waals surface area contributed by atoms with E-state index in [1.54, 1.807) is 18.2 Å². The zero-order valence-electron chi connectivity index (χ0n) is 20.7. The lowest BCUT2D eigenvalue weighted by Crippen LogP contribution is -2.52. The number of hydrogen-bond donors (Lipinski definition) is 2. The number of ketones is 1. The smallest absolute Gasteiger partial charge is 0.262 e. The van der Waals surface area contributed by atoms with Crippen LogP contribution in [0.5, 0.6) is 0 Å². The molecule has 9 nitrogen and oxygen atoms in total. The van der Waals surface area contributed by atoms with Crippen LogP contribution < -0.4 is 10.6 Å². The normalized spacial score (nSPS) is 17.9. The van der Waals surface area contributed by atoms with Crippen LogP contribution in [0.4, 0.5) is 0 Å². The lowest BCUT2D eigenvalue weighted by atomic mass is 10.0. The molecule has 0 spiro atoms. The molecule has 4 rings (SSSR count). The number of benzene rings is 1. The third kappa shape index (κ3) is 6.41. The number of carbonyl (C=O) groups is 3. The molecule has 0 bridgehead atoms. The van der Waals surface area contributed by atoms with E-state index in [4.69, 9.17) is 0 Å². The summed E-state index contributed by atoms with van der Waals surface area (Å²) in [5, 5.41) is 6.44. The Morgan fingerprint density at radius 1 is 1.16 bits per heavy atom. The molecule has 37 heavy (non-hydrogen) atoms. The Labute approximate surface area is 220 Å². The fourth-order valence-corrected chi connectivity index (χ4v) is 6.63. The van der Waals surface area contributed by atoms with Gasteiger partial charge in [0.25, 0.3) is 15.9 Å². The van der Waals surface area contributed by atoms with Crippen LogP contribution in [0.3, 0.4) is 0 Å². The molecule has 2 aromatic heterocycles. The molecular formula is C26H30N4O5S2. The number of Topliss-reactive ketones (excluding diaryl/α,β-unsaturated/α-hetero) is 1. The van der Waals surface area contributed by atoms with Crippen molar-refractivity contribution >= 4 is 49.0 Å². The van der Waals surface area contributed by atoms with Crippen molar-refractivity contribution < 1.29 is 22.8 Å². The van der Waals surface area contributed by atoms with Crippen molar-refractivity contribution in [3.05, 3.63) is 59.6 Å². The Hall–Kier alpha value is -3.15. The molecule has 2 N–H and O–H groups in total. The molecular weight excluding hydrogens is 512 g/mol. The lowest BCUT2D eigenvalue weighted by Gasteiger charge is -2.23. The second-order valence-electron chi connectivity index (χ2n) is 9.48. The third-order valence-electron chi connectivity index (χ3n) is 6.16. The van der Waals surface area contributed by atoms with Gasteiger partial charge in [0.05, 0.1) is 17.5 Å². The minimum atomic E-state index is -3.93. The summed E-state index contributed by atoms with van der Waals surface area (Å²) in [4.78, 5) is 43.6. The van der Waals surface area contributed by atoms with Crippen molar-refractivity contribution in [3.63, 3.8) is 0 Å². The van der Waals surface area contributed by atoms with Crippen molar-refractivity contribution in [1.82, 2.24) is 19.9 Å². The Kier molecular flexibility index (Phi) is 8.35. The second-order valence-corrected chi connectivity index (χ2v) is 12.4. The third-order valence-corrected chi connectivity index (χ3v) is 9.03. The van der Waals surface area contributed by atoms with Crippen LogP contribution in [0, 0.1) is 5.92 Å². The molecule has 0 radical (unpaired) electrons. The van der Waals surface area contributed by atoms with E-state index in [9.17, 15) is 22.8 Å². The molecule has 1 fully saturated rings. The van der Waals surface area contributed by atoms with Crippen LogP contribution in [-0.4, -0.2) is 60.5 Å². The number of sulfonamides is 1. The summed E-state index contributed by atoms with van der Waals surface area (Å²) in [7, 11) is -3.93. The summed E-state index contributed by atoms with van der Waals surface area (Å²) in [5.41, 5.74) is 0. The topological polar surface area (TPSA) is 126 Å². The molecule has 1 aromatic carbocycles. The van der Waals surface area contributed by atoms with Gasteiger partial charge in [-0.25, -0.2) is 13.4 Å². The maximum Gasteiger partial charge on any atom is 0.262 e. The molecule has 11 heteroatoms. The molecule has 1 unspecified atom stereocenters. The first kappa shape index (κ1) is 26.9. The highest BCUT2D eigenvalue weighted by Crippen LogP contribution is 2.25. The molecule has 0 saturated carbocycles. The van der Waals surface area contributed by atoms with Crippen LogP contribution in [0.2, 0.25) is 0 Å². The van der Waals surface area contributed by atoms with E-state index in [-0.39, 0.29) is 29.9 Å². The summed E-state index contributed by atoms with van der Waals surface area (Å²) in [6.07, 6.45) is 2.48. The molecule has 1 aliphatic heterocycles. The highest BCUT2D eigenvalue weighted by atomic mass is 32.2. The fraction of sp³-hybridized carbons (Fsp3) is 0.385. The predicted octanol–water partition coefficient (Wildman–Crippen LogP) is 2.98. The van der Waals surface area contributed by atoms with Gasteiger partial charge < -0.3 is 10.6 Å². The van der Waals surface area contributed by atoms with Crippen LogP contribution in [0.1, 0.15) is 42.8 Å². The van der Waals surface area contributed by atoms with E-state index in [0.717, 1.165) is 14.4 Å². The second kappa shape index (κ2) is 11.5. The van der Waals surface area contributed by atoms with Crippen molar-refractivity contribution in [3.8, 4) is 0 Å². The number of rotatable bonds is 8. The van der Waals surface area contributed by atoms with E-state index < -0.39 is 33.8 Å². The quantitative estimate of drug-likeness (QED) is 0.451. The standard InChI is InChI=1S/C26H30N4O5S2/c1-17(2)14-20(29-26(33)23-15-18-8-3-4-10-22(18)36-23)25(32)28-19-9-7-13-30(16-21(19)31)37(34,35)24-11-5-6-12-27-24/h3-6,8,10-12,15,17,19-20H,7,9,13-14,16H2,1-2H3,(H,28,32)(H,29,33)/t19-,20?/m0/s1. The van der Waals surface area contributed by atoms with Gasteiger partial charge in [-0.15, -0.1) is 11.3 Å². The predicted molar refractivity (Wildman–Crippen MR) is 142 cm³/mol. The number of carbonyl (C=O) groups excluding carboxylic acids is 3. The maximum atomic E-state index is 13.2. The molecule has 3 heterocycles. The first-order chi connectivity index (χ1) is 17.6. The highest BCUT2D eigenvalue weighted by Gasteiger charge is 2.35. The maximum absolute atomic E-state index is 13.2. The Bertz CT molecular complexity index is 1360. The van der Waals surface area contributed by atoms with E-state index >= 15 is 0 Å².